The van der Waals surface area contributed by atoms with E-state index >= 15 is 0 Å². The summed E-state index contributed by atoms with van der Waals surface area (Å²) >= 11 is 5.78. The van der Waals surface area contributed by atoms with E-state index < -0.39 is 0 Å². The molecule has 0 heterocycles. The largest absolute Gasteiger partial charge is 0.330 e. The van der Waals surface area contributed by atoms with Crippen LogP contribution in [0, 0.1) is 0 Å². The number of hydrogen-bond donors (Lipinski definition) is 1. The Morgan fingerprint density at radius 2 is 1.95 bits per heavy atom. The number of halogens is 1. The third kappa shape index (κ3) is 3.03. The molecule has 0 radical (unpaired) electrons. The highest BCUT2D eigenvalue weighted by Gasteiger charge is 2.33. The SMILES string of the molecule is NCC1(c2ccc(SC3CC3)c(Br)c2)CCCCC1. The number of benzene rings is 1. The number of hydrogen-bond acceptors (Lipinski definition) is 2. The predicted molar refractivity (Wildman–Crippen MR) is 86.8 cm³/mol. The predicted octanol–water partition coefficient (Wildman–Crippen LogP) is 4.86. The van der Waals surface area contributed by atoms with Crippen LogP contribution in [0.2, 0.25) is 0 Å². The summed E-state index contributed by atoms with van der Waals surface area (Å²) in [4.78, 5) is 1.40. The third-order valence-corrected chi connectivity index (χ3v) is 6.90. The lowest BCUT2D eigenvalue weighted by molar-refractivity contribution is 0.300. The lowest BCUT2D eigenvalue weighted by Gasteiger charge is -2.37. The fourth-order valence-corrected chi connectivity index (χ4v) is 4.84. The molecule has 1 aromatic carbocycles. The molecule has 1 aromatic rings. The van der Waals surface area contributed by atoms with E-state index in [9.17, 15) is 0 Å². The van der Waals surface area contributed by atoms with Crippen molar-refractivity contribution in [2.75, 3.05) is 6.54 Å². The van der Waals surface area contributed by atoms with Gasteiger partial charge in [0.15, 0.2) is 0 Å². The summed E-state index contributed by atoms with van der Waals surface area (Å²) in [7, 11) is 0. The van der Waals surface area contributed by atoms with Crippen molar-refractivity contribution in [3.63, 3.8) is 0 Å². The van der Waals surface area contributed by atoms with E-state index in [2.05, 4.69) is 34.1 Å². The first-order valence-corrected chi connectivity index (χ1v) is 9.07. The molecule has 0 aromatic heterocycles. The zero-order chi connectivity index (χ0) is 13.3. The molecule has 0 saturated heterocycles. The summed E-state index contributed by atoms with van der Waals surface area (Å²) in [5.74, 6) is 0. The van der Waals surface area contributed by atoms with Crippen LogP contribution in [-0.2, 0) is 5.41 Å². The minimum Gasteiger partial charge on any atom is -0.330 e. The highest BCUT2D eigenvalue weighted by atomic mass is 79.9. The summed E-state index contributed by atoms with van der Waals surface area (Å²) < 4.78 is 1.26. The average Bonchev–Trinajstić information content (AvgIpc) is 3.26. The smallest absolute Gasteiger partial charge is 0.0314 e. The van der Waals surface area contributed by atoms with Crippen molar-refractivity contribution in [2.24, 2.45) is 5.73 Å². The molecule has 3 rings (SSSR count). The maximum Gasteiger partial charge on any atom is 0.0314 e. The van der Waals surface area contributed by atoms with Crippen LogP contribution in [0.3, 0.4) is 0 Å². The van der Waals surface area contributed by atoms with Gasteiger partial charge in [-0.2, -0.15) is 0 Å². The zero-order valence-corrected chi connectivity index (χ0v) is 13.7. The molecule has 2 aliphatic rings. The highest BCUT2D eigenvalue weighted by Crippen LogP contribution is 2.44. The summed E-state index contributed by atoms with van der Waals surface area (Å²) in [6.07, 6.45) is 9.30. The van der Waals surface area contributed by atoms with E-state index in [4.69, 9.17) is 5.73 Å². The highest BCUT2D eigenvalue weighted by molar-refractivity contribution is 9.10. The van der Waals surface area contributed by atoms with Crippen LogP contribution in [0.15, 0.2) is 27.6 Å². The topological polar surface area (TPSA) is 26.0 Å². The van der Waals surface area contributed by atoms with Gasteiger partial charge in [-0.05, 0) is 59.3 Å². The first-order valence-electron chi connectivity index (χ1n) is 7.40. The Morgan fingerprint density at radius 3 is 2.53 bits per heavy atom. The van der Waals surface area contributed by atoms with Crippen LogP contribution in [0.5, 0.6) is 0 Å². The summed E-state index contributed by atoms with van der Waals surface area (Å²) in [6.45, 7) is 0.786. The van der Waals surface area contributed by atoms with Gasteiger partial charge in [-0.3, -0.25) is 0 Å². The van der Waals surface area contributed by atoms with Crippen molar-refractivity contribution in [1.82, 2.24) is 0 Å². The lowest BCUT2D eigenvalue weighted by atomic mass is 9.69. The second-order valence-electron chi connectivity index (χ2n) is 6.01. The summed E-state index contributed by atoms with van der Waals surface area (Å²) in [5.41, 5.74) is 7.81. The summed E-state index contributed by atoms with van der Waals surface area (Å²) in [6, 6.07) is 6.96. The van der Waals surface area contributed by atoms with Crippen molar-refractivity contribution < 1.29 is 0 Å². The van der Waals surface area contributed by atoms with Crippen LogP contribution in [-0.4, -0.2) is 11.8 Å². The Hall–Kier alpha value is 0.01000. The minimum absolute atomic E-state index is 0.240. The second kappa shape index (κ2) is 5.79. The molecule has 2 fully saturated rings. The molecular weight excluding hydrogens is 318 g/mol. The number of rotatable bonds is 4. The Bertz CT molecular complexity index is 450. The van der Waals surface area contributed by atoms with Gasteiger partial charge in [0.1, 0.15) is 0 Å². The molecule has 0 amide bonds. The monoisotopic (exact) mass is 339 g/mol. The van der Waals surface area contributed by atoms with E-state index in [1.807, 2.05) is 11.8 Å². The Kier molecular flexibility index (Phi) is 4.25. The average molecular weight is 340 g/mol. The van der Waals surface area contributed by atoms with Crippen LogP contribution in [0.1, 0.15) is 50.5 Å². The fraction of sp³-hybridized carbons (Fsp3) is 0.625. The molecule has 2 aliphatic carbocycles. The molecule has 3 heteroatoms. The number of nitrogens with two attached hydrogens (primary N) is 1. The molecule has 2 saturated carbocycles. The van der Waals surface area contributed by atoms with Gasteiger partial charge in [0.2, 0.25) is 0 Å². The maximum absolute atomic E-state index is 6.13. The van der Waals surface area contributed by atoms with Gasteiger partial charge in [0, 0.05) is 26.6 Å². The van der Waals surface area contributed by atoms with Crippen LogP contribution in [0.25, 0.3) is 0 Å². The van der Waals surface area contributed by atoms with Crippen molar-refractivity contribution >= 4 is 27.7 Å². The van der Waals surface area contributed by atoms with E-state index in [1.165, 1.54) is 59.9 Å². The Balaban J connectivity index is 1.84. The molecule has 104 valence electrons. The Labute approximate surface area is 128 Å². The first kappa shape index (κ1) is 14.0. The van der Waals surface area contributed by atoms with Gasteiger partial charge in [0.05, 0.1) is 0 Å². The minimum atomic E-state index is 0.240. The van der Waals surface area contributed by atoms with Crippen molar-refractivity contribution in [1.29, 1.82) is 0 Å². The van der Waals surface area contributed by atoms with Crippen molar-refractivity contribution in [3.8, 4) is 0 Å². The van der Waals surface area contributed by atoms with Gasteiger partial charge >= 0.3 is 0 Å². The van der Waals surface area contributed by atoms with E-state index in [0.717, 1.165) is 11.8 Å². The third-order valence-electron chi connectivity index (χ3n) is 4.56. The van der Waals surface area contributed by atoms with E-state index in [0.29, 0.717) is 0 Å². The quantitative estimate of drug-likeness (QED) is 0.847. The van der Waals surface area contributed by atoms with Gasteiger partial charge in [-0.15, -0.1) is 11.8 Å². The molecule has 1 nitrogen and oxygen atoms in total. The van der Waals surface area contributed by atoms with Gasteiger partial charge < -0.3 is 5.73 Å². The molecular formula is C16H22BrNS. The normalized spacial score (nSPS) is 22.4. The summed E-state index contributed by atoms with van der Waals surface area (Å²) in [5, 5.41) is 0.861. The van der Waals surface area contributed by atoms with Crippen LogP contribution in [0.4, 0.5) is 0 Å². The Morgan fingerprint density at radius 1 is 1.21 bits per heavy atom. The second-order valence-corrected chi connectivity index (χ2v) is 8.20. The van der Waals surface area contributed by atoms with Crippen LogP contribution < -0.4 is 5.73 Å². The van der Waals surface area contributed by atoms with Gasteiger partial charge in [-0.25, -0.2) is 0 Å². The van der Waals surface area contributed by atoms with Crippen molar-refractivity contribution in [2.45, 2.75) is 60.5 Å². The molecule has 2 N–H and O–H groups in total. The fourth-order valence-electron chi connectivity index (χ4n) is 3.13. The molecule has 0 bridgehead atoms. The number of thioether (sulfide) groups is 1. The van der Waals surface area contributed by atoms with Gasteiger partial charge in [-0.1, -0.05) is 25.3 Å². The first-order chi connectivity index (χ1) is 9.23. The van der Waals surface area contributed by atoms with Crippen LogP contribution >= 0.6 is 27.7 Å². The maximum atomic E-state index is 6.13. The molecule has 19 heavy (non-hydrogen) atoms. The zero-order valence-electron chi connectivity index (χ0n) is 11.3. The van der Waals surface area contributed by atoms with Crippen molar-refractivity contribution in [3.05, 3.63) is 28.2 Å². The molecule has 0 unspecified atom stereocenters. The molecule has 0 spiro atoms. The van der Waals surface area contributed by atoms with Gasteiger partial charge in [0.25, 0.3) is 0 Å². The lowest BCUT2D eigenvalue weighted by Crippen LogP contribution is -2.37. The molecule has 0 aliphatic heterocycles. The standard InChI is InChI=1S/C16H22BrNS/c17-14-10-12(4-7-15(14)19-13-5-6-13)16(11-18)8-2-1-3-9-16/h4,7,10,13H,1-3,5-6,8-9,11,18H2. The molecule has 0 atom stereocenters. The van der Waals surface area contributed by atoms with E-state index in [-0.39, 0.29) is 5.41 Å². The van der Waals surface area contributed by atoms with E-state index in [1.54, 1.807) is 0 Å².